The van der Waals surface area contributed by atoms with E-state index in [4.69, 9.17) is 14.0 Å². The molecule has 0 radical (unpaired) electrons. The van der Waals surface area contributed by atoms with Crippen LogP contribution in [-0.4, -0.2) is 18.3 Å². The lowest BCUT2D eigenvalue weighted by atomic mass is 10.3. The highest BCUT2D eigenvalue weighted by molar-refractivity contribution is 9.10. The maximum absolute atomic E-state index is 5.70. The molecule has 0 spiro atoms. The number of nitrogens with one attached hydrogen (secondary N) is 1. The number of rotatable bonds is 7. The zero-order valence-electron chi connectivity index (χ0n) is 12.4. The standard InChI is InChI=1S/C15H19BrN2O3/c1-10(2)17-8-11-6-13(21-18-11)9-20-15-5-4-12(19-3)7-14(15)16/h4-7,10,17H,8-9H2,1-3H3. The number of nitrogens with zero attached hydrogens (tertiary/aromatic N) is 1. The Bertz CT molecular complexity index is 584. The zero-order valence-corrected chi connectivity index (χ0v) is 13.9. The average molecular weight is 355 g/mol. The fourth-order valence-electron chi connectivity index (χ4n) is 1.69. The minimum Gasteiger partial charge on any atom is -0.497 e. The van der Waals surface area contributed by atoms with Gasteiger partial charge in [-0.05, 0) is 34.1 Å². The molecule has 0 unspecified atom stereocenters. The van der Waals surface area contributed by atoms with E-state index in [2.05, 4.69) is 40.3 Å². The van der Waals surface area contributed by atoms with Crippen LogP contribution in [0.4, 0.5) is 0 Å². The molecule has 2 aromatic rings. The van der Waals surface area contributed by atoms with Gasteiger partial charge in [-0.3, -0.25) is 0 Å². The van der Waals surface area contributed by atoms with Gasteiger partial charge in [0.1, 0.15) is 18.1 Å². The summed E-state index contributed by atoms with van der Waals surface area (Å²) >= 11 is 3.45. The van der Waals surface area contributed by atoms with E-state index >= 15 is 0 Å². The molecule has 2 rings (SSSR count). The van der Waals surface area contributed by atoms with Gasteiger partial charge in [0.25, 0.3) is 0 Å². The fourth-order valence-corrected chi connectivity index (χ4v) is 2.16. The van der Waals surface area contributed by atoms with Crippen LogP contribution in [0, 0.1) is 0 Å². The van der Waals surface area contributed by atoms with E-state index in [0.717, 1.165) is 21.7 Å². The van der Waals surface area contributed by atoms with Gasteiger partial charge in [0.15, 0.2) is 5.76 Å². The van der Waals surface area contributed by atoms with E-state index in [-0.39, 0.29) is 0 Å². The van der Waals surface area contributed by atoms with Crippen molar-refractivity contribution in [2.45, 2.75) is 33.0 Å². The molecule has 6 heteroatoms. The van der Waals surface area contributed by atoms with Gasteiger partial charge in [-0.15, -0.1) is 0 Å². The molecule has 0 saturated heterocycles. The van der Waals surface area contributed by atoms with Gasteiger partial charge in [-0.25, -0.2) is 0 Å². The Morgan fingerprint density at radius 2 is 2.14 bits per heavy atom. The SMILES string of the molecule is COc1ccc(OCc2cc(CNC(C)C)no2)c(Br)c1. The van der Waals surface area contributed by atoms with E-state index in [1.807, 2.05) is 24.3 Å². The summed E-state index contributed by atoms with van der Waals surface area (Å²) in [4.78, 5) is 0. The molecule has 21 heavy (non-hydrogen) atoms. The monoisotopic (exact) mass is 354 g/mol. The molecule has 1 aromatic carbocycles. The van der Waals surface area contributed by atoms with Crippen LogP contribution in [0.15, 0.2) is 33.3 Å². The number of methoxy groups -OCH3 is 1. The maximum Gasteiger partial charge on any atom is 0.174 e. The first-order valence-electron chi connectivity index (χ1n) is 6.72. The van der Waals surface area contributed by atoms with Crippen LogP contribution >= 0.6 is 15.9 Å². The average Bonchev–Trinajstić information content (AvgIpc) is 2.91. The van der Waals surface area contributed by atoms with Gasteiger partial charge in [-0.1, -0.05) is 19.0 Å². The minimum absolute atomic E-state index is 0.333. The first-order chi connectivity index (χ1) is 10.1. The fraction of sp³-hybridized carbons (Fsp3) is 0.400. The molecule has 114 valence electrons. The second kappa shape index (κ2) is 7.47. The molecule has 1 aromatic heterocycles. The summed E-state index contributed by atoms with van der Waals surface area (Å²) in [5.41, 5.74) is 0.871. The number of hydrogen-bond donors (Lipinski definition) is 1. The minimum atomic E-state index is 0.333. The molecule has 0 bridgehead atoms. The Morgan fingerprint density at radius 3 is 2.81 bits per heavy atom. The first kappa shape index (κ1) is 15.9. The lowest BCUT2D eigenvalue weighted by Crippen LogP contribution is -2.21. The number of aromatic nitrogens is 1. The van der Waals surface area contributed by atoms with Crippen molar-refractivity contribution in [2.24, 2.45) is 0 Å². The molecule has 0 fully saturated rings. The third-order valence-electron chi connectivity index (χ3n) is 2.81. The highest BCUT2D eigenvalue weighted by Gasteiger charge is 2.08. The highest BCUT2D eigenvalue weighted by Crippen LogP contribution is 2.29. The normalized spacial score (nSPS) is 10.9. The van der Waals surface area contributed by atoms with Crippen molar-refractivity contribution in [1.82, 2.24) is 10.5 Å². The summed E-state index contributed by atoms with van der Waals surface area (Å²) in [6.45, 7) is 5.20. The van der Waals surface area contributed by atoms with Crippen LogP contribution in [0.1, 0.15) is 25.3 Å². The van der Waals surface area contributed by atoms with Gasteiger partial charge in [-0.2, -0.15) is 0 Å². The van der Waals surface area contributed by atoms with E-state index in [9.17, 15) is 0 Å². The first-order valence-corrected chi connectivity index (χ1v) is 7.52. The van der Waals surface area contributed by atoms with Crippen molar-refractivity contribution in [3.05, 3.63) is 40.2 Å². The molecule has 1 N–H and O–H groups in total. The van der Waals surface area contributed by atoms with Gasteiger partial charge < -0.3 is 19.3 Å². The van der Waals surface area contributed by atoms with Crippen molar-refractivity contribution < 1.29 is 14.0 Å². The Hall–Kier alpha value is -1.53. The van der Waals surface area contributed by atoms with Gasteiger partial charge >= 0.3 is 0 Å². The molecule has 0 aliphatic rings. The second-order valence-corrected chi connectivity index (χ2v) is 5.76. The Balaban J connectivity index is 1.91. The summed E-state index contributed by atoms with van der Waals surface area (Å²) in [5.74, 6) is 2.20. The number of benzene rings is 1. The molecular weight excluding hydrogens is 336 g/mol. The van der Waals surface area contributed by atoms with Crippen LogP contribution < -0.4 is 14.8 Å². The molecule has 0 aliphatic carbocycles. The maximum atomic E-state index is 5.70. The Kier molecular flexibility index (Phi) is 5.64. The number of halogens is 1. The quantitative estimate of drug-likeness (QED) is 0.824. The van der Waals surface area contributed by atoms with E-state index in [0.29, 0.717) is 25.0 Å². The van der Waals surface area contributed by atoms with Crippen molar-refractivity contribution >= 4 is 15.9 Å². The van der Waals surface area contributed by atoms with E-state index in [1.165, 1.54) is 0 Å². The molecule has 5 nitrogen and oxygen atoms in total. The third-order valence-corrected chi connectivity index (χ3v) is 3.43. The van der Waals surface area contributed by atoms with E-state index < -0.39 is 0 Å². The topological polar surface area (TPSA) is 56.5 Å². The second-order valence-electron chi connectivity index (χ2n) is 4.91. The molecule has 0 aliphatic heterocycles. The van der Waals surface area contributed by atoms with Gasteiger partial charge in [0.2, 0.25) is 0 Å². The highest BCUT2D eigenvalue weighted by atomic mass is 79.9. The van der Waals surface area contributed by atoms with Crippen LogP contribution in [0.25, 0.3) is 0 Å². The zero-order chi connectivity index (χ0) is 15.2. The van der Waals surface area contributed by atoms with E-state index in [1.54, 1.807) is 7.11 Å². The van der Waals surface area contributed by atoms with Crippen LogP contribution in [0.3, 0.4) is 0 Å². The molecule has 1 heterocycles. The summed E-state index contributed by atoms with van der Waals surface area (Å²) in [7, 11) is 1.63. The predicted octanol–water partition coefficient (Wildman–Crippen LogP) is 3.52. The van der Waals surface area contributed by atoms with Crippen molar-refractivity contribution in [3.8, 4) is 11.5 Å². The lowest BCUT2D eigenvalue weighted by Gasteiger charge is -2.07. The van der Waals surface area contributed by atoms with Crippen LogP contribution in [0.2, 0.25) is 0 Å². The number of ether oxygens (including phenoxy) is 2. The Labute approximate surface area is 132 Å². The third kappa shape index (κ3) is 4.75. The Morgan fingerprint density at radius 1 is 1.33 bits per heavy atom. The summed E-state index contributed by atoms with van der Waals surface area (Å²) < 4.78 is 16.9. The molecule has 0 atom stereocenters. The molecule has 0 amide bonds. The van der Waals surface area contributed by atoms with Gasteiger partial charge in [0.05, 0.1) is 17.3 Å². The van der Waals surface area contributed by atoms with Crippen molar-refractivity contribution in [2.75, 3.05) is 7.11 Å². The summed E-state index contributed by atoms with van der Waals surface area (Å²) in [5, 5.41) is 7.29. The smallest absolute Gasteiger partial charge is 0.174 e. The van der Waals surface area contributed by atoms with Crippen molar-refractivity contribution in [1.29, 1.82) is 0 Å². The lowest BCUT2D eigenvalue weighted by molar-refractivity contribution is 0.247. The van der Waals surface area contributed by atoms with Crippen LogP contribution in [-0.2, 0) is 13.2 Å². The summed E-state index contributed by atoms with van der Waals surface area (Å²) in [6.07, 6.45) is 0. The largest absolute Gasteiger partial charge is 0.497 e. The predicted molar refractivity (Wildman–Crippen MR) is 83.5 cm³/mol. The van der Waals surface area contributed by atoms with Crippen molar-refractivity contribution in [3.63, 3.8) is 0 Å². The van der Waals surface area contributed by atoms with Gasteiger partial charge in [0, 0.05) is 18.7 Å². The summed E-state index contributed by atoms with van der Waals surface area (Å²) in [6, 6.07) is 7.86. The molecular formula is C15H19BrN2O3. The molecule has 0 saturated carbocycles. The number of hydrogen-bond acceptors (Lipinski definition) is 5. The van der Waals surface area contributed by atoms with Crippen LogP contribution in [0.5, 0.6) is 11.5 Å².